The van der Waals surface area contributed by atoms with Crippen LogP contribution in [0.2, 0.25) is 0 Å². The first-order valence-corrected chi connectivity index (χ1v) is 18.2. The molecule has 2 aliphatic rings. The zero-order valence-corrected chi connectivity index (χ0v) is 31.7. The summed E-state index contributed by atoms with van der Waals surface area (Å²) >= 11 is 0. The second-order valence-corrected chi connectivity index (χ2v) is 19.4. The predicted molar refractivity (Wildman–Crippen MR) is 210 cm³/mol. The molecule has 248 valence electrons. The van der Waals surface area contributed by atoms with Gasteiger partial charge in [-0.25, -0.2) is 0 Å². The Hall–Kier alpha value is -4.17. The maximum absolute atomic E-state index is 5.37. The van der Waals surface area contributed by atoms with Gasteiger partial charge in [0, 0.05) is 37.9 Å². The molecule has 3 heterocycles. The molecule has 0 unspecified atom stereocenters. The van der Waals surface area contributed by atoms with Crippen molar-refractivity contribution in [2.24, 2.45) is 0 Å². The molecule has 4 aromatic carbocycles. The van der Waals surface area contributed by atoms with Gasteiger partial charge in [-0.05, 0) is 84.5 Å². The molecule has 0 spiro atoms. The van der Waals surface area contributed by atoms with Gasteiger partial charge in [0.25, 0.3) is 0 Å². The van der Waals surface area contributed by atoms with Crippen LogP contribution in [-0.4, -0.2) is 9.38 Å². The Morgan fingerprint density at radius 1 is 0.510 bits per heavy atom. The van der Waals surface area contributed by atoms with Gasteiger partial charge in [0.2, 0.25) is 0 Å². The van der Waals surface area contributed by atoms with E-state index < -0.39 is 0 Å². The molecule has 0 aliphatic heterocycles. The maximum atomic E-state index is 5.37. The zero-order valence-electron chi connectivity index (χ0n) is 31.7. The van der Waals surface area contributed by atoms with Gasteiger partial charge in [0.1, 0.15) is 0 Å². The van der Waals surface area contributed by atoms with E-state index in [4.69, 9.17) is 4.98 Å². The summed E-state index contributed by atoms with van der Waals surface area (Å²) in [5.74, 6) is 0. The van der Waals surface area contributed by atoms with E-state index in [9.17, 15) is 0 Å². The normalized spacial score (nSPS) is 16.6. The van der Waals surface area contributed by atoms with Gasteiger partial charge in [-0.1, -0.05) is 132 Å². The van der Waals surface area contributed by atoms with Crippen LogP contribution in [0.5, 0.6) is 0 Å². The van der Waals surface area contributed by atoms with Gasteiger partial charge < -0.3 is 4.40 Å². The van der Waals surface area contributed by atoms with E-state index in [-0.39, 0.29) is 27.1 Å². The molecule has 0 radical (unpaired) electrons. The van der Waals surface area contributed by atoms with Crippen LogP contribution in [0, 0.1) is 0 Å². The van der Waals surface area contributed by atoms with E-state index >= 15 is 0 Å². The molecule has 2 heteroatoms. The van der Waals surface area contributed by atoms with Crippen molar-refractivity contribution < 1.29 is 0 Å². The van der Waals surface area contributed by atoms with Crippen LogP contribution < -0.4 is 0 Å². The van der Waals surface area contributed by atoms with E-state index in [2.05, 4.69) is 161 Å². The molecular formula is C47H50N2. The molecular weight excluding hydrogens is 593 g/mol. The standard InChI is InChI=1S/C47H50N2/c1-43(2,3)25-14-16-32-28(20-25)37-34(46(32,10)11)18-19-35-38(37)30-22-27(45(7,8)9)23-31-39-36(49(35)41(30)31)24-48-42-40(39)29-21-26(44(4,5)6)15-17-33(29)47(42,12)13/h14-24H,1-13H3. The number of benzene rings is 4. The van der Waals surface area contributed by atoms with Crippen molar-refractivity contribution in [3.8, 4) is 22.3 Å². The van der Waals surface area contributed by atoms with Crippen molar-refractivity contribution >= 4 is 38.1 Å². The Labute approximate surface area is 291 Å². The van der Waals surface area contributed by atoms with Crippen LogP contribution in [0.15, 0.2) is 66.9 Å². The molecule has 0 amide bonds. The Morgan fingerprint density at radius 2 is 1.00 bits per heavy atom. The summed E-state index contributed by atoms with van der Waals surface area (Å²) in [7, 11) is 0. The molecule has 2 nitrogen and oxygen atoms in total. The summed E-state index contributed by atoms with van der Waals surface area (Å²) < 4.78 is 2.56. The van der Waals surface area contributed by atoms with Crippen LogP contribution in [0.4, 0.5) is 0 Å². The summed E-state index contributed by atoms with van der Waals surface area (Å²) in [5.41, 5.74) is 18.8. The monoisotopic (exact) mass is 642 g/mol. The molecule has 49 heavy (non-hydrogen) atoms. The van der Waals surface area contributed by atoms with Crippen molar-refractivity contribution in [2.45, 2.75) is 117 Å². The minimum absolute atomic E-state index is 0.0107. The van der Waals surface area contributed by atoms with Crippen molar-refractivity contribution in [2.75, 3.05) is 0 Å². The quantitative estimate of drug-likeness (QED) is 0.161. The molecule has 7 aromatic rings. The van der Waals surface area contributed by atoms with E-state index in [1.54, 1.807) is 0 Å². The fourth-order valence-corrected chi connectivity index (χ4v) is 9.39. The Kier molecular flexibility index (Phi) is 5.63. The number of aromatic nitrogens is 2. The molecule has 0 saturated heterocycles. The third-order valence-corrected chi connectivity index (χ3v) is 12.4. The van der Waals surface area contributed by atoms with Crippen LogP contribution in [-0.2, 0) is 27.1 Å². The highest BCUT2D eigenvalue weighted by molar-refractivity contribution is 6.29. The fraction of sp³-hybridized carbons (Fsp3) is 0.383. The van der Waals surface area contributed by atoms with E-state index in [1.807, 2.05) is 0 Å². The van der Waals surface area contributed by atoms with Gasteiger partial charge in [0.05, 0.1) is 28.4 Å². The van der Waals surface area contributed by atoms with Crippen LogP contribution >= 0.6 is 0 Å². The lowest BCUT2D eigenvalue weighted by Crippen LogP contribution is -2.17. The van der Waals surface area contributed by atoms with E-state index in [1.165, 1.54) is 99.4 Å². The first-order valence-electron chi connectivity index (χ1n) is 18.2. The number of hydrogen-bond donors (Lipinski definition) is 0. The first kappa shape index (κ1) is 30.9. The van der Waals surface area contributed by atoms with Crippen molar-refractivity contribution in [1.82, 2.24) is 9.38 Å². The highest BCUT2D eigenvalue weighted by Gasteiger charge is 2.42. The average Bonchev–Trinajstić information content (AvgIpc) is 3.67. The lowest BCUT2D eigenvalue weighted by molar-refractivity contribution is 0.588. The molecule has 0 saturated carbocycles. The zero-order chi connectivity index (χ0) is 35.0. The Balaban J connectivity index is 1.49. The number of pyridine rings is 1. The molecule has 9 rings (SSSR count). The summed E-state index contributed by atoms with van der Waals surface area (Å²) in [6, 6.07) is 24.3. The molecule has 0 N–H and O–H groups in total. The van der Waals surface area contributed by atoms with Crippen molar-refractivity contribution in [3.63, 3.8) is 0 Å². The summed E-state index contributed by atoms with van der Waals surface area (Å²) in [4.78, 5) is 5.37. The second kappa shape index (κ2) is 8.94. The SMILES string of the molecule is CC(C)(C)c1ccc2c(c1)-c1c(ccc3c1c1cc(C(C)(C)C)cc4c5c6c(ncc5n3c14)C(C)(C)c1ccc(C(C)(C)C)cc1-6)C2(C)C. The van der Waals surface area contributed by atoms with E-state index in [0.29, 0.717) is 0 Å². The van der Waals surface area contributed by atoms with Gasteiger partial charge >= 0.3 is 0 Å². The second-order valence-electron chi connectivity index (χ2n) is 19.4. The number of nitrogens with zero attached hydrogens (tertiary/aromatic N) is 2. The third kappa shape index (κ3) is 3.81. The smallest absolute Gasteiger partial charge is 0.0731 e. The highest BCUT2D eigenvalue weighted by atomic mass is 14.9. The van der Waals surface area contributed by atoms with Gasteiger partial charge in [-0.2, -0.15) is 0 Å². The van der Waals surface area contributed by atoms with Crippen LogP contribution in [0.1, 0.15) is 129 Å². The van der Waals surface area contributed by atoms with Gasteiger partial charge in [-0.15, -0.1) is 0 Å². The maximum Gasteiger partial charge on any atom is 0.0731 e. The van der Waals surface area contributed by atoms with Crippen LogP contribution in [0.3, 0.4) is 0 Å². The topological polar surface area (TPSA) is 17.3 Å². The van der Waals surface area contributed by atoms with Crippen molar-refractivity contribution in [3.05, 3.63) is 106 Å². The molecule has 3 aromatic heterocycles. The largest absolute Gasteiger partial charge is 0.306 e. The molecule has 0 atom stereocenters. The lowest BCUT2D eigenvalue weighted by Gasteiger charge is -2.23. The third-order valence-electron chi connectivity index (χ3n) is 12.4. The molecule has 0 fully saturated rings. The lowest BCUT2D eigenvalue weighted by atomic mass is 9.80. The minimum atomic E-state index is -0.170. The van der Waals surface area contributed by atoms with Crippen molar-refractivity contribution in [1.29, 1.82) is 0 Å². The number of rotatable bonds is 0. The van der Waals surface area contributed by atoms with Crippen LogP contribution in [0.25, 0.3) is 60.3 Å². The van der Waals surface area contributed by atoms with Gasteiger partial charge in [-0.3, -0.25) is 4.98 Å². The summed E-state index contributed by atoms with van der Waals surface area (Å²) in [6.07, 6.45) is 2.19. The number of hydrogen-bond acceptors (Lipinski definition) is 1. The fourth-order valence-electron chi connectivity index (χ4n) is 9.39. The average molecular weight is 643 g/mol. The summed E-state index contributed by atoms with van der Waals surface area (Å²) in [5, 5.41) is 5.46. The Bertz CT molecular complexity index is 2410. The number of fused-ring (bicyclic) bond motifs is 14. The van der Waals surface area contributed by atoms with E-state index in [0.717, 1.165) is 0 Å². The molecule has 0 bridgehead atoms. The minimum Gasteiger partial charge on any atom is -0.306 e. The Morgan fingerprint density at radius 3 is 1.55 bits per heavy atom. The predicted octanol–water partition coefficient (Wildman–Crippen LogP) is 12.7. The summed E-state index contributed by atoms with van der Waals surface area (Å²) in [6.45, 7) is 30.5. The first-order chi connectivity index (χ1) is 22.7. The molecule has 2 aliphatic carbocycles. The highest BCUT2D eigenvalue weighted by Crippen LogP contribution is 2.57. The van der Waals surface area contributed by atoms with Gasteiger partial charge in [0.15, 0.2) is 0 Å².